The monoisotopic (exact) mass is 439 g/mol. The number of benzene rings is 2. The molecule has 4 rings (SSSR count). The van der Waals surface area contributed by atoms with Crippen molar-refractivity contribution in [3.8, 4) is 11.1 Å². The van der Waals surface area contributed by atoms with Crippen molar-refractivity contribution in [2.24, 2.45) is 0 Å². The van der Waals surface area contributed by atoms with E-state index in [0.717, 1.165) is 11.3 Å². The van der Waals surface area contributed by atoms with Crippen molar-refractivity contribution in [1.29, 1.82) is 0 Å². The smallest absolute Gasteiger partial charge is 0.317 e. The Kier molecular flexibility index (Phi) is 5.97. The van der Waals surface area contributed by atoms with Gasteiger partial charge in [-0.15, -0.1) is 0 Å². The second kappa shape index (κ2) is 8.83. The zero-order chi connectivity index (χ0) is 22.0. The van der Waals surface area contributed by atoms with Gasteiger partial charge in [0, 0.05) is 36.3 Å². The van der Waals surface area contributed by atoms with Gasteiger partial charge >= 0.3 is 5.97 Å². The Labute approximate surface area is 183 Å². The molecule has 0 unspecified atom stereocenters. The van der Waals surface area contributed by atoms with Gasteiger partial charge in [0.25, 0.3) is 5.91 Å². The number of nitrogens with zero attached hydrogens (tertiary/aromatic N) is 2. The van der Waals surface area contributed by atoms with Crippen LogP contribution in [0.5, 0.6) is 0 Å². The fraction of sp³-hybridized carbons (Fsp3) is 0.174. The Morgan fingerprint density at radius 3 is 2.65 bits per heavy atom. The molecule has 1 aliphatic heterocycles. The van der Waals surface area contributed by atoms with E-state index in [2.05, 4.69) is 10.3 Å². The van der Waals surface area contributed by atoms with Gasteiger partial charge in [-0.05, 0) is 23.8 Å². The first-order chi connectivity index (χ1) is 14.9. The van der Waals surface area contributed by atoms with Gasteiger partial charge < -0.3 is 10.4 Å². The number of fused-ring (bicyclic) bond motifs is 1. The van der Waals surface area contributed by atoms with Crippen molar-refractivity contribution < 1.29 is 19.1 Å². The topological polar surface area (TPSA) is 82.5 Å². The van der Waals surface area contributed by atoms with Crippen molar-refractivity contribution in [1.82, 2.24) is 9.88 Å². The zero-order valence-electron chi connectivity index (χ0n) is 16.4. The number of carboxylic acids is 1. The molecule has 158 valence electrons. The van der Waals surface area contributed by atoms with E-state index in [4.69, 9.17) is 16.7 Å². The van der Waals surface area contributed by atoms with Crippen molar-refractivity contribution in [3.63, 3.8) is 0 Å². The van der Waals surface area contributed by atoms with Crippen LogP contribution in [-0.2, 0) is 17.8 Å². The Hall–Kier alpha value is -3.29. The standard InChI is InChI=1S/C23H19ClFN3O3/c24-22-16(15-4-1-2-6-17(15)25)5-3-7-19(22)27-23(31)20-9-8-14-12-28(13-21(29)30)11-10-18(14)26-20/h1-9H,10-13H2,(H,27,31)(H,29,30). The molecule has 0 fully saturated rings. The Morgan fingerprint density at radius 1 is 1.10 bits per heavy atom. The summed E-state index contributed by atoms with van der Waals surface area (Å²) >= 11 is 6.46. The van der Waals surface area contributed by atoms with Gasteiger partial charge in [-0.25, -0.2) is 9.37 Å². The Morgan fingerprint density at radius 2 is 1.87 bits per heavy atom. The number of aliphatic carboxylic acids is 1. The van der Waals surface area contributed by atoms with Crippen LogP contribution in [0.2, 0.25) is 5.02 Å². The molecule has 2 aromatic carbocycles. The molecule has 1 amide bonds. The van der Waals surface area contributed by atoms with Crippen molar-refractivity contribution in [2.75, 3.05) is 18.4 Å². The molecule has 0 aliphatic carbocycles. The maximum absolute atomic E-state index is 14.2. The molecule has 0 spiro atoms. The van der Waals surface area contributed by atoms with Crippen LogP contribution in [0.1, 0.15) is 21.7 Å². The number of pyridine rings is 1. The molecular weight excluding hydrogens is 421 g/mol. The molecule has 31 heavy (non-hydrogen) atoms. The highest BCUT2D eigenvalue weighted by molar-refractivity contribution is 6.36. The normalized spacial score (nSPS) is 13.5. The third kappa shape index (κ3) is 4.57. The number of hydrogen-bond acceptors (Lipinski definition) is 4. The number of carboxylic acid groups (broad SMARTS) is 1. The molecule has 0 radical (unpaired) electrons. The molecule has 3 aromatic rings. The molecule has 2 heterocycles. The maximum atomic E-state index is 14.2. The highest BCUT2D eigenvalue weighted by Crippen LogP contribution is 2.35. The van der Waals surface area contributed by atoms with Crippen LogP contribution in [0.15, 0.2) is 54.6 Å². The number of carbonyl (C=O) groups is 2. The molecule has 2 N–H and O–H groups in total. The lowest BCUT2D eigenvalue weighted by Gasteiger charge is -2.26. The fourth-order valence-corrected chi connectivity index (χ4v) is 3.90. The minimum atomic E-state index is -0.873. The average molecular weight is 440 g/mol. The molecule has 8 heteroatoms. The summed E-state index contributed by atoms with van der Waals surface area (Å²) in [4.78, 5) is 30.0. The van der Waals surface area contributed by atoms with Crippen molar-refractivity contribution in [2.45, 2.75) is 13.0 Å². The molecule has 0 saturated heterocycles. The summed E-state index contributed by atoms with van der Waals surface area (Å²) in [5.41, 5.74) is 3.11. The number of aromatic nitrogens is 1. The van der Waals surface area contributed by atoms with E-state index in [-0.39, 0.29) is 17.3 Å². The fourth-order valence-electron chi connectivity index (χ4n) is 3.63. The van der Waals surface area contributed by atoms with Crippen LogP contribution in [0.25, 0.3) is 11.1 Å². The van der Waals surface area contributed by atoms with E-state index in [1.807, 2.05) is 4.90 Å². The van der Waals surface area contributed by atoms with Gasteiger partial charge in [0.05, 0.1) is 17.3 Å². The van der Waals surface area contributed by atoms with E-state index >= 15 is 0 Å². The van der Waals surface area contributed by atoms with Crippen LogP contribution in [0.4, 0.5) is 10.1 Å². The number of nitrogens with one attached hydrogen (secondary N) is 1. The predicted octanol–water partition coefficient (Wildman–Crippen LogP) is 4.24. The van der Waals surface area contributed by atoms with Crippen LogP contribution < -0.4 is 5.32 Å². The predicted molar refractivity (Wildman–Crippen MR) is 116 cm³/mol. The average Bonchev–Trinajstić information content (AvgIpc) is 2.75. The molecule has 1 aromatic heterocycles. The lowest BCUT2D eigenvalue weighted by atomic mass is 10.0. The molecule has 6 nitrogen and oxygen atoms in total. The number of hydrogen-bond donors (Lipinski definition) is 2. The molecular formula is C23H19ClFN3O3. The number of anilines is 1. The summed E-state index contributed by atoms with van der Waals surface area (Å²) in [5.74, 6) is -1.70. The third-order valence-electron chi connectivity index (χ3n) is 5.13. The molecule has 0 saturated carbocycles. The summed E-state index contributed by atoms with van der Waals surface area (Å²) in [7, 11) is 0. The first-order valence-electron chi connectivity index (χ1n) is 9.70. The van der Waals surface area contributed by atoms with E-state index in [1.165, 1.54) is 6.07 Å². The first-order valence-corrected chi connectivity index (χ1v) is 10.1. The minimum Gasteiger partial charge on any atom is -0.480 e. The van der Waals surface area contributed by atoms with E-state index in [1.54, 1.807) is 48.5 Å². The largest absolute Gasteiger partial charge is 0.480 e. The van der Waals surface area contributed by atoms with Crippen LogP contribution >= 0.6 is 11.6 Å². The van der Waals surface area contributed by atoms with Crippen molar-refractivity contribution >= 4 is 29.2 Å². The van der Waals surface area contributed by atoms with Crippen LogP contribution in [-0.4, -0.2) is 40.0 Å². The van der Waals surface area contributed by atoms with Gasteiger partial charge in [-0.1, -0.05) is 48.0 Å². The summed E-state index contributed by atoms with van der Waals surface area (Å²) < 4.78 is 14.2. The van der Waals surface area contributed by atoms with Gasteiger partial charge in [-0.3, -0.25) is 14.5 Å². The van der Waals surface area contributed by atoms with Gasteiger partial charge in [0.2, 0.25) is 0 Å². The summed E-state index contributed by atoms with van der Waals surface area (Å²) in [5, 5.41) is 12.0. The lowest BCUT2D eigenvalue weighted by molar-refractivity contribution is -0.138. The minimum absolute atomic E-state index is 0.0292. The highest BCUT2D eigenvalue weighted by Gasteiger charge is 2.21. The number of halogens is 2. The van der Waals surface area contributed by atoms with E-state index in [0.29, 0.717) is 36.3 Å². The summed E-state index contributed by atoms with van der Waals surface area (Å²) in [6, 6.07) is 14.7. The second-order valence-corrected chi connectivity index (χ2v) is 7.64. The zero-order valence-corrected chi connectivity index (χ0v) is 17.2. The molecule has 0 bridgehead atoms. The van der Waals surface area contributed by atoms with Crippen LogP contribution in [0.3, 0.4) is 0 Å². The molecule has 0 atom stereocenters. The summed E-state index contributed by atoms with van der Waals surface area (Å²) in [6.45, 7) is 1.01. The van der Waals surface area contributed by atoms with Crippen LogP contribution in [0, 0.1) is 5.82 Å². The third-order valence-corrected chi connectivity index (χ3v) is 5.54. The highest BCUT2D eigenvalue weighted by atomic mass is 35.5. The van der Waals surface area contributed by atoms with Gasteiger partial charge in [-0.2, -0.15) is 0 Å². The quantitative estimate of drug-likeness (QED) is 0.621. The second-order valence-electron chi connectivity index (χ2n) is 7.26. The molecule has 1 aliphatic rings. The number of rotatable bonds is 5. The first kappa shape index (κ1) is 21.0. The Bertz CT molecular complexity index is 1170. The van der Waals surface area contributed by atoms with Crippen molar-refractivity contribution in [3.05, 3.63) is 82.4 Å². The maximum Gasteiger partial charge on any atom is 0.317 e. The SMILES string of the molecule is O=C(O)CN1CCc2nc(C(=O)Nc3cccc(-c4ccccc4F)c3Cl)ccc2C1. The number of amides is 1. The lowest BCUT2D eigenvalue weighted by Crippen LogP contribution is -2.35. The van der Waals surface area contributed by atoms with E-state index in [9.17, 15) is 14.0 Å². The number of carbonyl (C=O) groups excluding carboxylic acids is 1. The van der Waals surface area contributed by atoms with Gasteiger partial charge in [0.15, 0.2) is 0 Å². The van der Waals surface area contributed by atoms with Gasteiger partial charge in [0.1, 0.15) is 11.5 Å². The summed E-state index contributed by atoms with van der Waals surface area (Å²) in [6.07, 6.45) is 0.563. The Balaban J connectivity index is 1.54. The van der Waals surface area contributed by atoms with E-state index < -0.39 is 17.7 Å².